The van der Waals surface area contributed by atoms with Crippen LogP contribution in [0.4, 0.5) is 0 Å². The Kier molecular flexibility index (Phi) is 7.46. The molecule has 18 heavy (non-hydrogen) atoms. The molecule has 1 aromatic carbocycles. The SMILES string of the molecule is CCCNC(CCOC)Cc1cccc(OC)c1. The molecule has 1 atom stereocenters. The van der Waals surface area contributed by atoms with Crippen molar-refractivity contribution in [2.75, 3.05) is 27.4 Å². The molecule has 3 nitrogen and oxygen atoms in total. The van der Waals surface area contributed by atoms with Crippen molar-refractivity contribution in [3.05, 3.63) is 29.8 Å². The number of rotatable bonds is 9. The summed E-state index contributed by atoms with van der Waals surface area (Å²) in [4.78, 5) is 0. The first-order valence-corrected chi connectivity index (χ1v) is 6.65. The molecule has 0 spiro atoms. The second kappa shape index (κ2) is 8.95. The Morgan fingerprint density at radius 3 is 2.78 bits per heavy atom. The van der Waals surface area contributed by atoms with Gasteiger partial charge in [-0.15, -0.1) is 0 Å². The number of hydrogen-bond acceptors (Lipinski definition) is 3. The van der Waals surface area contributed by atoms with Gasteiger partial charge in [0.25, 0.3) is 0 Å². The minimum atomic E-state index is 0.469. The Balaban J connectivity index is 2.56. The molecule has 0 fully saturated rings. The smallest absolute Gasteiger partial charge is 0.119 e. The molecule has 1 unspecified atom stereocenters. The van der Waals surface area contributed by atoms with E-state index in [2.05, 4.69) is 24.4 Å². The fourth-order valence-corrected chi connectivity index (χ4v) is 1.97. The van der Waals surface area contributed by atoms with E-state index in [-0.39, 0.29) is 0 Å². The van der Waals surface area contributed by atoms with E-state index in [0.29, 0.717) is 6.04 Å². The van der Waals surface area contributed by atoms with Crippen LogP contribution in [0.2, 0.25) is 0 Å². The maximum atomic E-state index is 5.25. The van der Waals surface area contributed by atoms with Gasteiger partial charge in [-0.25, -0.2) is 0 Å². The zero-order valence-electron chi connectivity index (χ0n) is 11.7. The lowest BCUT2D eigenvalue weighted by Crippen LogP contribution is -2.32. The van der Waals surface area contributed by atoms with Crippen molar-refractivity contribution in [3.63, 3.8) is 0 Å². The van der Waals surface area contributed by atoms with Crippen molar-refractivity contribution < 1.29 is 9.47 Å². The van der Waals surface area contributed by atoms with E-state index in [1.165, 1.54) is 5.56 Å². The lowest BCUT2D eigenvalue weighted by atomic mass is 10.0. The maximum absolute atomic E-state index is 5.25. The van der Waals surface area contributed by atoms with E-state index in [4.69, 9.17) is 9.47 Å². The predicted molar refractivity (Wildman–Crippen MR) is 75.3 cm³/mol. The fourth-order valence-electron chi connectivity index (χ4n) is 1.97. The lowest BCUT2D eigenvalue weighted by molar-refractivity contribution is 0.182. The topological polar surface area (TPSA) is 30.5 Å². The highest BCUT2D eigenvalue weighted by molar-refractivity contribution is 5.28. The third-order valence-corrected chi connectivity index (χ3v) is 2.97. The molecule has 1 rings (SSSR count). The predicted octanol–water partition coefficient (Wildman–Crippen LogP) is 2.64. The fraction of sp³-hybridized carbons (Fsp3) is 0.600. The Morgan fingerprint density at radius 1 is 1.28 bits per heavy atom. The molecule has 102 valence electrons. The van der Waals surface area contributed by atoms with Gasteiger partial charge in [0.05, 0.1) is 7.11 Å². The first-order valence-electron chi connectivity index (χ1n) is 6.65. The average molecular weight is 251 g/mol. The molecule has 0 heterocycles. The van der Waals surface area contributed by atoms with Crippen molar-refractivity contribution in [3.8, 4) is 5.75 Å². The van der Waals surface area contributed by atoms with Crippen molar-refractivity contribution in [1.29, 1.82) is 0 Å². The van der Waals surface area contributed by atoms with Crippen LogP contribution >= 0.6 is 0 Å². The summed E-state index contributed by atoms with van der Waals surface area (Å²) in [5, 5.41) is 3.57. The Bertz CT molecular complexity index is 320. The molecule has 0 bridgehead atoms. The minimum Gasteiger partial charge on any atom is -0.497 e. The molecular weight excluding hydrogens is 226 g/mol. The standard InChI is InChI=1S/C15H25NO2/c1-4-9-16-14(8-10-17-2)11-13-6-5-7-15(12-13)18-3/h5-7,12,14,16H,4,8-11H2,1-3H3. The van der Waals surface area contributed by atoms with E-state index in [1.807, 2.05) is 12.1 Å². The van der Waals surface area contributed by atoms with Crippen molar-refractivity contribution >= 4 is 0 Å². The van der Waals surface area contributed by atoms with E-state index in [9.17, 15) is 0 Å². The van der Waals surface area contributed by atoms with Crippen LogP contribution in [-0.2, 0) is 11.2 Å². The average Bonchev–Trinajstić information content (AvgIpc) is 2.42. The summed E-state index contributed by atoms with van der Waals surface area (Å²) in [5.74, 6) is 0.925. The van der Waals surface area contributed by atoms with Crippen LogP contribution in [0.5, 0.6) is 5.75 Å². The molecule has 0 aliphatic carbocycles. The van der Waals surface area contributed by atoms with Crippen LogP contribution in [0.1, 0.15) is 25.3 Å². The molecule has 1 aromatic rings. The largest absolute Gasteiger partial charge is 0.497 e. The zero-order valence-corrected chi connectivity index (χ0v) is 11.7. The van der Waals surface area contributed by atoms with E-state index >= 15 is 0 Å². The number of benzene rings is 1. The molecule has 0 amide bonds. The summed E-state index contributed by atoms with van der Waals surface area (Å²) in [6, 6.07) is 8.75. The first-order chi connectivity index (χ1) is 8.80. The van der Waals surface area contributed by atoms with Gasteiger partial charge < -0.3 is 14.8 Å². The van der Waals surface area contributed by atoms with Crippen LogP contribution in [-0.4, -0.2) is 33.4 Å². The second-order valence-corrected chi connectivity index (χ2v) is 4.49. The maximum Gasteiger partial charge on any atom is 0.119 e. The Hall–Kier alpha value is -1.06. The van der Waals surface area contributed by atoms with Crippen LogP contribution < -0.4 is 10.1 Å². The normalized spacial score (nSPS) is 12.4. The highest BCUT2D eigenvalue weighted by atomic mass is 16.5. The minimum absolute atomic E-state index is 0.469. The van der Waals surface area contributed by atoms with E-state index < -0.39 is 0 Å². The van der Waals surface area contributed by atoms with Crippen LogP contribution in [0.25, 0.3) is 0 Å². The van der Waals surface area contributed by atoms with Gasteiger partial charge in [0.15, 0.2) is 0 Å². The van der Waals surface area contributed by atoms with Gasteiger partial charge in [0, 0.05) is 19.8 Å². The van der Waals surface area contributed by atoms with Crippen molar-refractivity contribution in [2.24, 2.45) is 0 Å². The van der Waals surface area contributed by atoms with Gasteiger partial charge in [-0.05, 0) is 43.5 Å². The number of hydrogen-bond donors (Lipinski definition) is 1. The van der Waals surface area contributed by atoms with Gasteiger partial charge in [-0.2, -0.15) is 0 Å². The first kappa shape index (κ1) is 15.0. The molecule has 3 heteroatoms. The van der Waals surface area contributed by atoms with Gasteiger partial charge >= 0.3 is 0 Å². The van der Waals surface area contributed by atoms with Crippen molar-refractivity contribution in [1.82, 2.24) is 5.32 Å². The number of methoxy groups -OCH3 is 2. The number of ether oxygens (including phenoxy) is 2. The third kappa shape index (κ3) is 5.52. The van der Waals surface area contributed by atoms with Crippen LogP contribution in [0.3, 0.4) is 0 Å². The number of nitrogens with one attached hydrogen (secondary N) is 1. The lowest BCUT2D eigenvalue weighted by Gasteiger charge is -2.18. The van der Waals surface area contributed by atoms with Gasteiger partial charge in [-0.1, -0.05) is 19.1 Å². The summed E-state index contributed by atoms with van der Waals surface area (Å²) in [5.41, 5.74) is 1.30. The highest BCUT2D eigenvalue weighted by Gasteiger charge is 2.09. The summed E-state index contributed by atoms with van der Waals surface area (Å²) < 4.78 is 10.4. The quantitative estimate of drug-likeness (QED) is 0.732. The summed E-state index contributed by atoms with van der Waals surface area (Å²) >= 11 is 0. The molecule has 0 saturated carbocycles. The van der Waals surface area contributed by atoms with Crippen LogP contribution in [0, 0.1) is 0 Å². The van der Waals surface area contributed by atoms with Crippen LogP contribution in [0.15, 0.2) is 24.3 Å². The highest BCUT2D eigenvalue weighted by Crippen LogP contribution is 2.14. The van der Waals surface area contributed by atoms with Gasteiger partial charge in [0.1, 0.15) is 5.75 Å². The van der Waals surface area contributed by atoms with E-state index in [0.717, 1.165) is 38.2 Å². The molecule has 1 N–H and O–H groups in total. The summed E-state index contributed by atoms with van der Waals surface area (Å²) in [6.45, 7) is 4.04. The Morgan fingerprint density at radius 2 is 2.11 bits per heavy atom. The van der Waals surface area contributed by atoms with E-state index in [1.54, 1.807) is 14.2 Å². The molecule has 0 aliphatic heterocycles. The molecule has 0 aromatic heterocycles. The molecular formula is C15H25NO2. The monoisotopic (exact) mass is 251 g/mol. The Labute approximate surface area is 110 Å². The van der Waals surface area contributed by atoms with Gasteiger partial charge in [0.2, 0.25) is 0 Å². The van der Waals surface area contributed by atoms with Gasteiger partial charge in [-0.3, -0.25) is 0 Å². The molecule has 0 radical (unpaired) electrons. The zero-order chi connectivity index (χ0) is 13.2. The van der Waals surface area contributed by atoms with Crippen molar-refractivity contribution in [2.45, 2.75) is 32.2 Å². The second-order valence-electron chi connectivity index (χ2n) is 4.49. The molecule has 0 saturated heterocycles. The third-order valence-electron chi connectivity index (χ3n) is 2.97. The summed E-state index contributed by atoms with van der Waals surface area (Å²) in [7, 11) is 3.46. The molecule has 0 aliphatic rings. The summed E-state index contributed by atoms with van der Waals surface area (Å²) in [6.07, 6.45) is 3.20.